The molecule has 1 aliphatic heterocycles. The topological polar surface area (TPSA) is 114 Å². The van der Waals surface area contributed by atoms with Gasteiger partial charge in [0.25, 0.3) is 5.91 Å². The fourth-order valence-corrected chi connectivity index (χ4v) is 6.76. The molecule has 12 heteroatoms. The van der Waals surface area contributed by atoms with Crippen molar-refractivity contribution in [1.29, 1.82) is 0 Å². The number of carbonyl (C=O) groups excluding carboxylic acids is 1. The third-order valence-electron chi connectivity index (χ3n) is 7.63. The quantitative estimate of drug-likeness (QED) is 0.161. The van der Waals surface area contributed by atoms with Gasteiger partial charge in [-0.1, -0.05) is 42.5 Å². The number of carbonyl (C=O) groups is 1. The summed E-state index contributed by atoms with van der Waals surface area (Å²) in [5.41, 5.74) is 0.242. The average molecular weight is 636 g/mol. The van der Waals surface area contributed by atoms with E-state index in [0.29, 0.717) is 36.6 Å². The number of anilines is 1. The second kappa shape index (κ2) is 13.8. The summed E-state index contributed by atoms with van der Waals surface area (Å²) in [6.07, 6.45) is -4.73. The van der Waals surface area contributed by atoms with Gasteiger partial charge < -0.3 is 20.5 Å². The minimum Gasteiger partial charge on any atom is -0.494 e. The maximum absolute atomic E-state index is 13.6. The molecule has 1 saturated heterocycles. The summed E-state index contributed by atoms with van der Waals surface area (Å²) in [6.45, 7) is 5.98. The number of hydrogen-bond donors (Lipinski definition) is 5. The molecular formula is C32H40F3N3O5S. The first kappa shape index (κ1) is 33.6. The number of amides is 1. The lowest BCUT2D eigenvalue weighted by atomic mass is 9.92. The van der Waals surface area contributed by atoms with Gasteiger partial charge in [0.05, 0.1) is 35.8 Å². The van der Waals surface area contributed by atoms with Crippen LogP contribution in [0, 0.1) is 0 Å². The first-order chi connectivity index (χ1) is 20.7. The van der Waals surface area contributed by atoms with Crippen LogP contribution in [-0.4, -0.2) is 57.7 Å². The van der Waals surface area contributed by atoms with Crippen LogP contribution in [-0.2, 0) is 18.1 Å². The Morgan fingerprint density at radius 2 is 1.73 bits per heavy atom. The molecule has 0 bridgehead atoms. The van der Waals surface area contributed by atoms with Crippen LogP contribution in [0.3, 0.4) is 0 Å². The van der Waals surface area contributed by atoms with E-state index in [1.807, 2.05) is 30.3 Å². The van der Waals surface area contributed by atoms with E-state index in [1.54, 1.807) is 45.0 Å². The Bertz CT molecular complexity index is 1420. The average Bonchev–Trinajstić information content (AvgIpc) is 3.34. The fraction of sp³-hybridized carbons (Fsp3) is 0.406. The SMILES string of the molecule is CCOc1cc(C(=O)N[C@@H](Cc2ccccc2)[C@@H](O)CNC(C)(C)c2cccc(C(F)(F)F)c2)cc(N2CCCS2(O)O)c1. The number of alkyl halides is 3. The van der Waals surface area contributed by atoms with Gasteiger partial charge in [-0.05, 0) is 69.0 Å². The molecule has 0 aromatic heterocycles. The molecule has 8 nitrogen and oxygen atoms in total. The van der Waals surface area contributed by atoms with Gasteiger partial charge >= 0.3 is 6.18 Å². The predicted molar refractivity (Wildman–Crippen MR) is 167 cm³/mol. The molecule has 4 rings (SSSR count). The standard InChI is InChI=1S/C32H40F3N3O5S/c1-4-43-27-18-23(17-26(20-27)38-14-9-15-44(38,41)42)30(40)37-28(16-22-10-6-5-7-11-22)29(39)21-36-31(2,3)24-12-8-13-25(19-24)32(33,34)35/h5-8,10-13,17-20,28-29,36,39,41-42H,4,9,14-16,21H2,1-3H3,(H,37,40)/t28-,29-/m0/s1. The third kappa shape index (κ3) is 8.45. The van der Waals surface area contributed by atoms with Crippen molar-refractivity contribution in [3.05, 3.63) is 95.1 Å². The highest BCUT2D eigenvalue weighted by atomic mass is 32.3. The van der Waals surface area contributed by atoms with Crippen LogP contribution in [0.5, 0.6) is 5.75 Å². The summed E-state index contributed by atoms with van der Waals surface area (Å²) in [5.74, 6) is 0.130. The molecule has 1 fully saturated rings. The normalized spacial score (nSPS) is 17.2. The van der Waals surface area contributed by atoms with Gasteiger partial charge in [-0.25, -0.2) is 0 Å². The summed E-state index contributed by atoms with van der Waals surface area (Å²) in [6, 6.07) is 18.4. The van der Waals surface area contributed by atoms with Crippen molar-refractivity contribution in [3.8, 4) is 5.75 Å². The smallest absolute Gasteiger partial charge is 0.416 e. The van der Waals surface area contributed by atoms with Crippen molar-refractivity contribution in [2.24, 2.45) is 0 Å². The zero-order chi connectivity index (χ0) is 32.1. The molecule has 0 spiro atoms. The number of aliphatic hydroxyl groups is 1. The van der Waals surface area contributed by atoms with Gasteiger partial charge in [-0.2, -0.15) is 13.2 Å². The Hall–Kier alpha value is -3.29. The molecule has 0 radical (unpaired) electrons. The Kier molecular flexibility index (Phi) is 10.5. The van der Waals surface area contributed by atoms with E-state index in [0.717, 1.165) is 17.7 Å². The lowest BCUT2D eigenvalue weighted by Gasteiger charge is -2.38. The lowest BCUT2D eigenvalue weighted by Crippen LogP contribution is -2.51. The zero-order valence-electron chi connectivity index (χ0n) is 25.0. The number of nitrogens with zero attached hydrogens (tertiary/aromatic N) is 1. The Labute approximate surface area is 257 Å². The van der Waals surface area contributed by atoms with E-state index in [9.17, 15) is 32.2 Å². The zero-order valence-corrected chi connectivity index (χ0v) is 25.8. The first-order valence-corrected chi connectivity index (χ1v) is 16.1. The molecule has 1 amide bonds. The number of ether oxygens (including phenoxy) is 1. The maximum Gasteiger partial charge on any atom is 0.416 e. The van der Waals surface area contributed by atoms with Crippen LogP contribution in [0.1, 0.15) is 54.2 Å². The number of benzene rings is 3. The summed E-state index contributed by atoms with van der Waals surface area (Å²) < 4.78 is 68.2. The maximum atomic E-state index is 13.6. The number of nitrogens with one attached hydrogen (secondary N) is 2. The Morgan fingerprint density at radius 1 is 1.02 bits per heavy atom. The van der Waals surface area contributed by atoms with E-state index >= 15 is 0 Å². The molecule has 0 saturated carbocycles. The van der Waals surface area contributed by atoms with Crippen molar-refractivity contribution in [2.75, 3.05) is 29.8 Å². The van der Waals surface area contributed by atoms with Gasteiger partial charge in [0.1, 0.15) is 5.75 Å². The number of hydrogen-bond acceptors (Lipinski definition) is 7. The molecule has 1 heterocycles. The van der Waals surface area contributed by atoms with Crippen LogP contribution in [0.25, 0.3) is 0 Å². The number of aliphatic hydroxyl groups excluding tert-OH is 1. The monoisotopic (exact) mass is 635 g/mol. The molecular weight excluding hydrogens is 595 g/mol. The van der Waals surface area contributed by atoms with Crippen molar-refractivity contribution >= 4 is 22.4 Å². The second-order valence-corrected chi connectivity index (χ2v) is 13.5. The molecule has 0 aliphatic carbocycles. The van der Waals surface area contributed by atoms with Crippen molar-refractivity contribution in [2.45, 2.75) is 57.5 Å². The van der Waals surface area contributed by atoms with E-state index in [1.165, 1.54) is 10.4 Å². The van der Waals surface area contributed by atoms with E-state index < -0.39 is 46.1 Å². The number of halogens is 3. The largest absolute Gasteiger partial charge is 0.494 e. The van der Waals surface area contributed by atoms with E-state index in [-0.39, 0.29) is 24.3 Å². The lowest BCUT2D eigenvalue weighted by molar-refractivity contribution is -0.137. The highest BCUT2D eigenvalue weighted by Crippen LogP contribution is 2.51. The van der Waals surface area contributed by atoms with Crippen LogP contribution >= 0.6 is 10.8 Å². The van der Waals surface area contributed by atoms with Crippen LogP contribution in [0.4, 0.5) is 18.9 Å². The Morgan fingerprint density at radius 3 is 2.36 bits per heavy atom. The summed E-state index contributed by atoms with van der Waals surface area (Å²) in [5, 5.41) is 17.4. The van der Waals surface area contributed by atoms with Crippen molar-refractivity contribution < 1.29 is 36.9 Å². The summed E-state index contributed by atoms with van der Waals surface area (Å²) >= 11 is 0. The molecule has 1 aliphatic rings. The summed E-state index contributed by atoms with van der Waals surface area (Å²) in [7, 11) is -3.01. The minimum atomic E-state index is -4.48. The van der Waals surface area contributed by atoms with Crippen molar-refractivity contribution in [1.82, 2.24) is 10.6 Å². The van der Waals surface area contributed by atoms with Crippen LogP contribution in [0.2, 0.25) is 0 Å². The second-order valence-electron chi connectivity index (χ2n) is 11.4. The van der Waals surface area contributed by atoms with Crippen LogP contribution in [0.15, 0.2) is 72.8 Å². The highest BCUT2D eigenvalue weighted by Gasteiger charge is 2.33. The third-order valence-corrected chi connectivity index (χ3v) is 9.56. The summed E-state index contributed by atoms with van der Waals surface area (Å²) in [4.78, 5) is 13.6. The van der Waals surface area contributed by atoms with E-state index in [2.05, 4.69) is 10.6 Å². The Balaban J connectivity index is 1.56. The molecule has 3 aromatic carbocycles. The number of rotatable bonds is 12. The minimum absolute atomic E-state index is 0.0278. The van der Waals surface area contributed by atoms with Gasteiger partial charge in [-0.15, -0.1) is 10.8 Å². The van der Waals surface area contributed by atoms with Gasteiger partial charge in [0.15, 0.2) is 0 Å². The highest BCUT2D eigenvalue weighted by molar-refractivity contribution is 8.25. The molecule has 2 atom stereocenters. The predicted octanol–water partition coefficient (Wildman–Crippen LogP) is 6.21. The molecule has 0 unspecified atom stereocenters. The van der Waals surface area contributed by atoms with Crippen molar-refractivity contribution in [3.63, 3.8) is 0 Å². The van der Waals surface area contributed by atoms with Gasteiger partial charge in [0, 0.05) is 30.3 Å². The van der Waals surface area contributed by atoms with Gasteiger partial charge in [-0.3, -0.25) is 18.2 Å². The molecule has 5 N–H and O–H groups in total. The van der Waals surface area contributed by atoms with Gasteiger partial charge in [0.2, 0.25) is 0 Å². The fourth-order valence-electron chi connectivity index (χ4n) is 5.16. The molecule has 44 heavy (non-hydrogen) atoms. The van der Waals surface area contributed by atoms with Crippen LogP contribution < -0.4 is 19.7 Å². The molecule has 240 valence electrons. The van der Waals surface area contributed by atoms with E-state index in [4.69, 9.17) is 4.74 Å². The first-order valence-electron chi connectivity index (χ1n) is 14.5. The molecule has 3 aromatic rings.